The molecule has 0 saturated heterocycles. The molecular weight excluding hydrogens is 803 g/mol. The highest BCUT2D eigenvalue weighted by Gasteiger charge is 2.18. The van der Waals surface area contributed by atoms with Crippen molar-refractivity contribution in [1.29, 1.82) is 0 Å². The lowest BCUT2D eigenvalue weighted by Crippen LogP contribution is -2.45. The zero-order valence-corrected chi connectivity index (χ0v) is 43.5. The van der Waals surface area contributed by atoms with Gasteiger partial charge in [0.25, 0.3) is 0 Å². The Labute approximate surface area is 404 Å². The standard InChI is InChI=1S/C59H111NO5/c1-3-5-7-9-11-13-15-28-33-37-41-45-49-53-59(64)65-54-50-46-42-38-34-30-27-25-23-21-19-17-18-20-22-24-26-29-32-36-40-44-48-52-58(63)60-56(55-61)57(62)51-47-43-39-35-31-16-14-12-10-8-6-4-2/h7,9,13,15,47,51,56-57,61-62H,3-6,8,10-12,14,16-46,48-50,52-55H2,1-2H3,(H,60,63)/b9-7-,15-13-,51-47+. The van der Waals surface area contributed by atoms with Gasteiger partial charge in [0.15, 0.2) is 0 Å². The average Bonchev–Trinajstić information content (AvgIpc) is 3.31. The van der Waals surface area contributed by atoms with Crippen LogP contribution in [0.1, 0.15) is 303 Å². The maximum Gasteiger partial charge on any atom is 0.305 e. The number of rotatable bonds is 53. The summed E-state index contributed by atoms with van der Waals surface area (Å²) in [5, 5.41) is 23.0. The Morgan fingerprint density at radius 3 is 1.23 bits per heavy atom. The van der Waals surface area contributed by atoms with Gasteiger partial charge in [0.2, 0.25) is 5.91 Å². The molecule has 0 aliphatic rings. The molecule has 0 aromatic heterocycles. The SMILES string of the molecule is CCC/C=C\C/C=C\CCCCCCCC(=O)OCCCCCCCCCCCCCCCCCCCCCCCCCC(=O)NC(CO)C(O)/C=C/CCCCCCCCCCCC. The summed E-state index contributed by atoms with van der Waals surface area (Å²) in [7, 11) is 0. The van der Waals surface area contributed by atoms with Gasteiger partial charge in [-0.3, -0.25) is 9.59 Å². The summed E-state index contributed by atoms with van der Waals surface area (Å²) < 4.78 is 5.46. The monoisotopic (exact) mass is 914 g/mol. The summed E-state index contributed by atoms with van der Waals surface area (Å²) in [5.41, 5.74) is 0. The number of esters is 1. The van der Waals surface area contributed by atoms with Crippen LogP contribution in [0.3, 0.4) is 0 Å². The van der Waals surface area contributed by atoms with E-state index < -0.39 is 12.1 Å². The third kappa shape index (κ3) is 51.3. The highest BCUT2D eigenvalue weighted by atomic mass is 16.5. The molecule has 382 valence electrons. The van der Waals surface area contributed by atoms with Crippen LogP contribution >= 0.6 is 0 Å². The molecule has 0 aliphatic heterocycles. The predicted octanol–water partition coefficient (Wildman–Crippen LogP) is 17.6. The normalized spacial score (nSPS) is 12.9. The number of hydrogen-bond donors (Lipinski definition) is 3. The molecule has 0 heterocycles. The first-order valence-corrected chi connectivity index (χ1v) is 28.8. The second-order valence-corrected chi connectivity index (χ2v) is 19.6. The van der Waals surface area contributed by atoms with Crippen molar-refractivity contribution >= 4 is 11.9 Å². The first-order valence-electron chi connectivity index (χ1n) is 28.8. The Balaban J connectivity index is 3.39. The molecule has 3 N–H and O–H groups in total. The Bertz CT molecular complexity index is 1060. The second kappa shape index (κ2) is 54.7. The van der Waals surface area contributed by atoms with Gasteiger partial charge in [0, 0.05) is 12.8 Å². The molecule has 0 fully saturated rings. The van der Waals surface area contributed by atoms with E-state index in [9.17, 15) is 19.8 Å². The van der Waals surface area contributed by atoms with Gasteiger partial charge >= 0.3 is 5.97 Å². The molecule has 0 radical (unpaired) electrons. The van der Waals surface area contributed by atoms with E-state index in [1.807, 2.05) is 6.08 Å². The van der Waals surface area contributed by atoms with Crippen LogP contribution < -0.4 is 5.32 Å². The molecule has 0 aromatic carbocycles. The number of carbonyl (C=O) groups excluding carboxylic acids is 2. The zero-order chi connectivity index (χ0) is 47.2. The molecule has 65 heavy (non-hydrogen) atoms. The first kappa shape index (κ1) is 63.1. The van der Waals surface area contributed by atoms with Gasteiger partial charge in [-0.1, -0.05) is 269 Å². The third-order valence-electron chi connectivity index (χ3n) is 13.1. The number of amides is 1. The van der Waals surface area contributed by atoms with Gasteiger partial charge in [-0.25, -0.2) is 0 Å². The molecule has 2 unspecified atom stereocenters. The number of ether oxygens (including phenoxy) is 1. The fourth-order valence-corrected chi connectivity index (χ4v) is 8.73. The predicted molar refractivity (Wildman–Crippen MR) is 283 cm³/mol. The molecule has 0 bridgehead atoms. The van der Waals surface area contributed by atoms with E-state index in [-0.39, 0.29) is 18.5 Å². The molecule has 1 amide bonds. The molecule has 6 nitrogen and oxygen atoms in total. The summed E-state index contributed by atoms with van der Waals surface area (Å²) in [6.45, 7) is 4.83. The van der Waals surface area contributed by atoms with Crippen LogP contribution in [-0.4, -0.2) is 47.4 Å². The van der Waals surface area contributed by atoms with Crippen molar-refractivity contribution in [3.8, 4) is 0 Å². The van der Waals surface area contributed by atoms with Gasteiger partial charge in [-0.2, -0.15) is 0 Å². The van der Waals surface area contributed by atoms with Crippen molar-refractivity contribution in [2.75, 3.05) is 13.2 Å². The second-order valence-electron chi connectivity index (χ2n) is 19.6. The number of aliphatic hydroxyl groups excluding tert-OH is 2. The van der Waals surface area contributed by atoms with Crippen molar-refractivity contribution in [2.45, 2.75) is 315 Å². The van der Waals surface area contributed by atoms with Gasteiger partial charge in [0.1, 0.15) is 0 Å². The van der Waals surface area contributed by atoms with Crippen LogP contribution in [0, 0.1) is 0 Å². The van der Waals surface area contributed by atoms with E-state index in [0.29, 0.717) is 19.4 Å². The van der Waals surface area contributed by atoms with Crippen molar-refractivity contribution in [3.05, 3.63) is 36.5 Å². The van der Waals surface area contributed by atoms with Crippen LogP contribution in [0.2, 0.25) is 0 Å². The molecule has 0 saturated carbocycles. The first-order chi connectivity index (χ1) is 32.0. The molecule has 6 heteroatoms. The van der Waals surface area contributed by atoms with E-state index in [1.165, 1.54) is 225 Å². The topological polar surface area (TPSA) is 95.9 Å². The lowest BCUT2D eigenvalue weighted by atomic mass is 10.0. The Hall–Kier alpha value is -1.92. The van der Waals surface area contributed by atoms with Crippen molar-refractivity contribution in [3.63, 3.8) is 0 Å². The van der Waals surface area contributed by atoms with E-state index in [1.54, 1.807) is 6.08 Å². The van der Waals surface area contributed by atoms with E-state index in [2.05, 4.69) is 43.5 Å². The minimum atomic E-state index is -0.843. The number of aliphatic hydroxyl groups is 2. The smallest absolute Gasteiger partial charge is 0.305 e. The summed E-state index contributed by atoms with van der Waals surface area (Å²) in [6.07, 6.45) is 67.4. The van der Waals surface area contributed by atoms with E-state index in [4.69, 9.17) is 4.74 Å². The summed E-state index contributed by atoms with van der Waals surface area (Å²) in [6, 6.07) is -0.626. The van der Waals surface area contributed by atoms with Crippen LogP contribution in [0.5, 0.6) is 0 Å². The highest BCUT2D eigenvalue weighted by Crippen LogP contribution is 2.17. The van der Waals surface area contributed by atoms with Gasteiger partial charge in [-0.05, 0) is 57.8 Å². The molecular formula is C59H111NO5. The third-order valence-corrected chi connectivity index (χ3v) is 13.1. The number of hydrogen-bond acceptors (Lipinski definition) is 5. The van der Waals surface area contributed by atoms with E-state index >= 15 is 0 Å². The summed E-state index contributed by atoms with van der Waals surface area (Å²) in [4.78, 5) is 24.4. The average molecular weight is 915 g/mol. The Morgan fingerprint density at radius 2 is 0.800 bits per heavy atom. The number of allylic oxidation sites excluding steroid dienone is 5. The van der Waals surface area contributed by atoms with Crippen molar-refractivity contribution in [1.82, 2.24) is 5.32 Å². The quantitative estimate of drug-likeness (QED) is 0.0321. The molecule has 0 spiro atoms. The van der Waals surface area contributed by atoms with Crippen molar-refractivity contribution < 1.29 is 24.5 Å². The van der Waals surface area contributed by atoms with E-state index in [0.717, 1.165) is 51.4 Å². The molecule has 0 rings (SSSR count). The highest BCUT2D eigenvalue weighted by molar-refractivity contribution is 5.76. The minimum absolute atomic E-state index is 0.00188. The van der Waals surface area contributed by atoms with Crippen LogP contribution in [0.25, 0.3) is 0 Å². The number of carbonyl (C=O) groups is 2. The minimum Gasteiger partial charge on any atom is -0.466 e. The molecule has 0 aliphatic carbocycles. The Morgan fingerprint density at radius 1 is 0.431 bits per heavy atom. The fraction of sp³-hybridized carbons (Fsp3) is 0.864. The lowest BCUT2D eigenvalue weighted by molar-refractivity contribution is -0.143. The van der Waals surface area contributed by atoms with Gasteiger partial charge in [0.05, 0.1) is 25.4 Å². The van der Waals surface area contributed by atoms with Gasteiger partial charge in [-0.15, -0.1) is 0 Å². The van der Waals surface area contributed by atoms with Crippen LogP contribution in [0.15, 0.2) is 36.5 Å². The Kier molecular flexibility index (Phi) is 53.1. The summed E-state index contributed by atoms with van der Waals surface area (Å²) in [5.74, 6) is -0.0701. The molecule has 2 atom stereocenters. The largest absolute Gasteiger partial charge is 0.466 e. The van der Waals surface area contributed by atoms with Crippen LogP contribution in [-0.2, 0) is 14.3 Å². The number of unbranched alkanes of at least 4 members (excludes halogenated alkanes) is 38. The zero-order valence-electron chi connectivity index (χ0n) is 43.5. The maximum absolute atomic E-state index is 12.4. The fourth-order valence-electron chi connectivity index (χ4n) is 8.73. The maximum atomic E-state index is 12.4. The molecule has 0 aromatic rings. The summed E-state index contributed by atoms with van der Waals surface area (Å²) >= 11 is 0. The van der Waals surface area contributed by atoms with Crippen LogP contribution in [0.4, 0.5) is 0 Å². The van der Waals surface area contributed by atoms with Crippen molar-refractivity contribution in [2.24, 2.45) is 0 Å². The lowest BCUT2D eigenvalue weighted by Gasteiger charge is -2.20. The number of nitrogens with one attached hydrogen (secondary N) is 1. The van der Waals surface area contributed by atoms with Gasteiger partial charge < -0.3 is 20.3 Å².